The molecule has 0 radical (unpaired) electrons. The number of piperidine rings is 1. The Kier molecular flexibility index (Phi) is 4.41. The molecule has 0 spiro atoms. The molecule has 1 saturated heterocycles. The van der Waals surface area contributed by atoms with Gasteiger partial charge in [-0.2, -0.15) is 4.98 Å². The first kappa shape index (κ1) is 16.4. The lowest BCUT2D eigenvalue weighted by Gasteiger charge is -2.31. The Morgan fingerprint density at radius 1 is 1.20 bits per heavy atom. The lowest BCUT2D eigenvalue weighted by atomic mass is 9.96. The lowest BCUT2D eigenvalue weighted by Crippen LogP contribution is -2.36. The van der Waals surface area contributed by atoms with Gasteiger partial charge in [0.1, 0.15) is 0 Å². The van der Waals surface area contributed by atoms with Crippen molar-refractivity contribution in [2.75, 3.05) is 13.1 Å². The van der Waals surface area contributed by atoms with Crippen molar-refractivity contribution in [3.8, 4) is 0 Å². The van der Waals surface area contributed by atoms with Gasteiger partial charge in [0.2, 0.25) is 5.89 Å². The standard InChI is InChI=1S/C18H25N5O2/c1-12-13(2)19-11-23(18(12)24)9-14-5-7-22(8-6-14)10-16-20-17(25-21-16)15-3-4-15/h11,14-15H,3-10H2,1-2H3. The van der Waals surface area contributed by atoms with Crippen molar-refractivity contribution in [1.82, 2.24) is 24.6 Å². The van der Waals surface area contributed by atoms with Crippen molar-refractivity contribution in [3.05, 3.63) is 39.7 Å². The third kappa shape index (κ3) is 3.66. The molecule has 25 heavy (non-hydrogen) atoms. The largest absolute Gasteiger partial charge is 0.339 e. The minimum Gasteiger partial charge on any atom is -0.339 e. The highest BCUT2D eigenvalue weighted by atomic mass is 16.5. The summed E-state index contributed by atoms with van der Waals surface area (Å²) in [6.45, 7) is 7.26. The number of likely N-dealkylation sites (tertiary alicyclic amines) is 1. The molecule has 1 saturated carbocycles. The summed E-state index contributed by atoms with van der Waals surface area (Å²) in [6, 6.07) is 0. The Bertz CT molecular complexity index is 800. The predicted molar refractivity (Wildman–Crippen MR) is 92.2 cm³/mol. The number of hydrogen-bond donors (Lipinski definition) is 0. The fourth-order valence-electron chi connectivity index (χ4n) is 3.44. The Hall–Kier alpha value is -2.02. The lowest BCUT2D eigenvalue weighted by molar-refractivity contribution is 0.161. The zero-order valence-electron chi connectivity index (χ0n) is 14.9. The van der Waals surface area contributed by atoms with Crippen LogP contribution < -0.4 is 5.56 Å². The highest BCUT2D eigenvalue weighted by molar-refractivity contribution is 5.12. The van der Waals surface area contributed by atoms with Crippen LogP contribution in [0.25, 0.3) is 0 Å². The van der Waals surface area contributed by atoms with Crippen LogP contribution in [0, 0.1) is 19.8 Å². The number of hydrogen-bond acceptors (Lipinski definition) is 6. The van der Waals surface area contributed by atoms with Gasteiger partial charge in [0.25, 0.3) is 5.56 Å². The zero-order chi connectivity index (χ0) is 17.4. The molecule has 7 heteroatoms. The molecule has 0 aromatic carbocycles. The van der Waals surface area contributed by atoms with Gasteiger partial charge in [0, 0.05) is 23.7 Å². The van der Waals surface area contributed by atoms with E-state index in [-0.39, 0.29) is 5.56 Å². The van der Waals surface area contributed by atoms with E-state index in [2.05, 4.69) is 20.0 Å². The van der Waals surface area contributed by atoms with E-state index in [0.29, 0.717) is 11.8 Å². The SMILES string of the molecule is Cc1ncn(CC2CCN(Cc3noc(C4CC4)n3)CC2)c(=O)c1C. The predicted octanol–water partition coefficient (Wildman–Crippen LogP) is 2.03. The maximum atomic E-state index is 12.3. The van der Waals surface area contributed by atoms with E-state index in [1.165, 1.54) is 12.8 Å². The van der Waals surface area contributed by atoms with E-state index in [1.54, 1.807) is 10.9 Å². The van der Waals surface area contributed by atoms with Gasteiger partial charge in [-0.05, 0) is 58.5 Å². The summed E-state index contributed by atoms with van der Waals surface area (Å²) in [7, 11) is 0. The molecule has 3 heterocycles. The van der Waals surface area contributed by atoms with E-state index in [4.69, 9.17) is 4.52 Å². The third-order valence-electron chi connectivity index (χ3n) is 5.45. The normalized spacial score (nSPS) is 19.4. The Balaban J connectivity index is 1.30. The van der Waals surface area contributed by atoms with Crippen LogP contribution in [0.1, 0.15) is 54.6 Å². The van der Waals surface area contributed by atoms with Crippen LogP contribution in [0.15, 0.2) is 15.6 Å². The average Bonchev–Trinajstić information content (AvgIpc) is 3.37. The molecular weight excluding hydrogens is 318 g/mol. The summed E-state index contributed by atoms with van der Waals surface area (Å²) in [4.78, 5) is 23.5. The number of aromatic nitrogens is 4. The monoisotopic (exact) mass is 343 g/mol. The summed E-state index contributed by atoms with van der Waals surface area (Å²) >= 11 is 0. The Labute approximate surface area is 147 Å². The van der Waals surface area contributed by atoms with Crippen molar-refractivity contribution in [2.24, 2.45) is 5.92 Å². The number of rotatable bonds is 5. The zero-order valence-corrected chi connectivity index (χ0v) is 14.9. The molecule has 2 aromatic heterocycles. The van der Waals surface area contributed by atoms with Crippen LogP contribution in [0.3, 0.4) is 0 Å². The van der Waals surface area contributed by atoms with Crippen molar-refractivity contribution >= 4 is 0 Å². The molecule has 2 aliphatic rings. The molecule has 2 fully saturated rings. The van der Waals surface area contributed by atoms with Gasteiger partial charge in [-0.25, -0.2) is 4.98 Å². The summed E-state index contributed by atoms with van der Waals surface area (Å²) in [5.41, 5.74) is 1.67. The van der Waals surface area contributed by atoms with Crippen molar-refractivity contribution in [1.29, 1.82) is 0 Å². The molecule has 0 N–H and O–H groups in total. The van der Waals surface area contributed by atoms with Crippen molar-refractivity contribution in [3.63, 3.8) is 0 Å². The fourth-order valence-corrected chi connectivity index (χ4v) is 3.44. The van der Waals surface area contributed by atoms with Crippen LogP contribution in [0.2, 0.25) is 0 Å². The smallest absolute Gasteiger partial charge is 0.256 e. The van der Waals surface area contributed by atoms with Gasteiger partial charge >= 0.3 is 0 Å². The Morgan fingerprint density at radius 2 is 1.96 bits per heavy atom. The van der Waals surface area contributed by atoms with E-state index >= 15 is 0 Å². The van der Waals surface area contributed by atoms with E-state index in [0.717, 1.165) is 62.0 Å². The van der Waals surface area contributed by atoms with Gasteiger partial charge in [-0.1, -0.05) is 5.16 Å². The first-order valence-corrected chi connectivity index (χ1v) is 9.17. The molecule has 0 amide bonds. The van der Waals surface area contributed by atoms with Crippen molar-refractivity contribution < 1.29 is 4.52 Å². The second-order valence-corrected chi connectivity index (χ2v) is 7.46. The summed E-state index contributed by atoms with van der Waals surface area (Å²) in [5, 5.41) is 4.11. The van der Waals surface area contributed by atoms with Crippen LogP contribution in [0.4, 0.5) is 0 Å². The van der Waals surface area contributed by atoms with Gasteiger partial charge in [-0.3, -0.25) is 14.3 Å². The van der Waals surface area contributed by atoms with Crippen molar-refractivity contribution in [2.45, 2.75) is 58.5 Å². The molecule has 4 rings (SSSR count). The number of aryl methyl sites for hydroxylation is 1. The maximum absolute atomic E-state index is 12.3. The van der Waals surface area contributed by atoms with Crippen LogP contribution in [0.5, 0.6) is 0 Å². The minimum absolute atomic E-state index is 0.0920. The molecule has 0 unspecified atom stereocenters. The quantitative estimate of drug-likeness (QED) is 0.827. The molecular formula is C18H25N5O2. The molecule has 7 nitrogen and oxygen atoms in total. The Morgan fingerprint density at radius 3 is 2.68 bits per heavy atom. The fraction of sp³-hybridized carbons (Fsp3) is 0.667. The first-order valence-electron chi connectivity index (χ1n) is 9.17. The van der Waals surface area contributed by atoms with E-state index in [9.17, 15) is 4.79 Å². The van der Waals surface area contributed by atoms with Gasteiger partial charge in [0.15, 0.2) is 5.82 Å². The van der Waals surface area contributed by atoms with Crippen LogP contribution >= 0.6 is 0 Å². The molecule has 0 atom stereocenters. The summed E-state index contributed by atoms with van der Waals surface area (Å²) in [5.74, 6) is 2.64. The first-order chi connectivity index (χ1) is 12.1. The highest BCUT2D eigenvalue weighted by Crippen LogP contribution is 2.38. The molecule has 0 bridgehead atoms. The summed E-state index contributed by atoms with van der Waals surface area (Å²) in [6.07, 6.45) is 6.20. The molecule has 1 aliphatic heterocycles. The van der Waals surface area contributed by atoms with E-state index in [1.807, 2.05) is 13.8 Å². The molecule has 1 aliphatic carbocycles. The third-order valence-corrected chi connectivity index (χ3v) is 5.45. The van der Waals surface area contributed by atoms with Crippen LogP contribution in [-0.2, 0) is 13.1 Å². The molecule has 2 aromatic rings. The van der Waals surface area contributed by atoms with Gasteiger partial charge < -0.3 is 4.52 Å². The minimum atomic E-state index is 0.0920. The maximum Gasteiger partial charge on any atom is 0.256 e. The topological polar surface area (TPSA) is 77.1 Å². The number of nitrogens with zero attached hydrogens (tertiary/aromatic N) is 5. The van der Waals surface area contributed by atoms with E-state index < -0.39 is 0 Å². The van der Waals surface area contributed by atoms with Gasteiger partial charge in [0.05, 0.1) is 12.9 Å². The average molecular weight is 343 g/mol. The van der Waals surface area contributed by atoms with Gasteiger partial charge in [-0.15, -0.1) is 0 Å². The summed E-state index contributed by atoms with van der Waals surface area (Å²) < 4.78 is 7.10. The van der Waals surface area contributed by atoms with Crippen LogP contribution in [-0.4, -0.2) is 37.7 Å². The second kappa shape index (κ2) is 6.71. The second-order valence-electron chi connectivity index (χ2n) is 7.46. The highest BCUT2D eigenvalue weighted by Gasteiger charge is 2.30. The molecule has 134 valence electrons.